The number of thiol groups is 1. The smallest absolute Gasteiger partial charge is 0.326 e. The minimum Gasteiger partial charge on any atom is -0.480 e. The maximum Gasteiger partial charge on any atom is 0.326 e. The van der Waals surface area contributed by atoms with Gasteiger partial charge in [0.2, 0.25) is 17.7 Å². The van der Waals surface area contributed by atoms with Gasteiger partial charge in [0.05, 0.1) is 0 Å². The predicted molar refractivity (Wildman–Crippen MR) is 145 cm³/mol. The van der Waals surface area contributed by atoms with Crippen LogP contribution in [0.1, 0.15) is 38.3 Å². The van der Waals surface area contributed by atoms with Crippen molar-refractivity contribution in [3.8, 4) is 0 Å². The number of rotatable bonds is 12. The molecule has 0 aliphatic carbocycles. The Labute approximate surface area is 222 Å². The number of carbonyl (C=O) groups is 4. The molecule has 0 saturated heterocycles. The molecule has 1 aliphatic rings. The maximum absolute atomic E-state index is 14.0. The van der Waals surface area contributed by atoms with Crippen LogP contribution in [0.2, 0.25) is 0 Å². The number of carboxylic acids is 1. The zero-order chi connectivity index (χ0) is 27.0. The highest BCUT2D eigenvalue weighted by molar-refractivity contribution is 7.98. The van der Waals surface area contributed by atoms with Crippen LogP contribution in [0.4, 0.5) is 0 Å². The first-order chi connectivity index (χ1) is 17.0. The Morgan fingerprint density at radius 1 is 1.25 bits per heavy atom. The minimum atomic E-state index is -1.12. The third kappa shape index (κ3) is 7.63. The Morgan fingerprint density at radius 2 is 1.89 bits per heavy atom. The molecule has 36 heavy (non-hydrogen) atoms. The lowest BCUT2D eigenvalue weighted by Crippen LogP contribution is -2.61. The van der Waals surface area contributed by atoms with Crippen molar-refractivity contribution in [1.82, 2.24) is 15.1 Å². The van der Waals surface area contributed by atoms with Gasteiger partial charge >= 0.3 is 5.97 Å². The first-order valence-electron chi connectivity index (χ1n) is 12.0. The molecule has 0 saturated carbocycles. The lowest BCUT2D eigenvalue weighted by atomic mass is 9.91. The van der Waals surface area contributed by atoms with Gasteiger partial charge in [0, 0.05) is 38.2 Å². The monoisotopic (exact) mass is 538 g/mol. The summed E-state index contributed by atoms with van der Waals surface area (Å²) in [4.78, 5) is 54.8. The Bertz CT molecular complexity index is 945. The number of hydrogen-bond acceptors (Lipinski definition) is 7. The number of nitrogens with two attached hydrogens (primary N) is 1. The van der Waals surface area contributed by atoms with E-state index in [-0.39, 0.29) is 43.7 Å². The summed E-state index contributed by atoms with van der Waals surface area (Å²) in [5, 5.41) is 12.3. The normalized spacial score (nSPS) is 17.6. The third-order valence-corrected chi connectivity index (χ3v) is 7.46. The largest absolute Gasteiger partial charge is 0.480 e. The van der Waals surface area contributed by atoms with E-state index in [1.54, 1.807) is 0 Å². The molecule has 200 valence electrons. The van der Waals surface area contributed by atoms with Crippen molar-refractivity contribution in [2.24, 2.45) is 11.7 Å². The molecule has 0 fully saturated rings. The summed E-state index contributed by atoms with van der Waals surface area (Å²) in [5.41, 5.74) is 7.92. The van der Waals surface area contributed by atoms with Crippen molar-refractivity contribution < 1.29 is 24.3 Å². The fourth-order valence-electron chi connectivity index (χ4n) is 4.45. The first-order valence-corrected chi connectivity index (χ1v) is 14.1. The molecule has 2 rings (SSSR count). The average molecular weight is 539 g/mol. The van der Waals surface area contributed by atoms with E-state index in [1.807, 2.05) is 44.4 Å². The number of carboxylic acid groups (broad SMARTS) is 1. The van der Waals surface area contributed by atoms with Crippen molar-refractivity contribution in [3.05, 3.63) is 35.4 Å². The van der Waals surface area contributed by atoms with Crippen LogP contribution in [-0.2, 0) is 32.1 Å². The van der Waals surface area contributed by atoms with Crippen LogP contribution in [0.15, 0.2) is 24.3 Å². The van der Waals surface area contributed by atoms with Crippen LogP contribution in [0.3, 0.4) is 0 Å². The van der Waals surface area contributed by atoms with E-state index in [2.05, 4.69) is 17.9 Å². The zero-order valence-corrected chi connectivity index (χ0v) is 23.1. The van der Waals surface area contributed by atoms with Crippen LogP contribution in [0.5, 0.6) is 0 Å². The van der Waals surface area contributed by atoms with Crippen LogP contribution in [-0.4, -0.2) is 87.1 Å². The second-order valence-electron chi connectivity index (χ2n) is 9.44. The number of fused-ring (bicyclic) bond motifs is 1. The van der Waals surface area contributed by atoms with Crippen molar-refractivity contribution in [2.75, 3.05) is 24.3 Å². The summed E-state index contributed by atoms with van der Waals surface area (Å²) in [6.07, 6.45) is 2.39. The number of amides is 3. The molecule has 3 amide bonds. The molecular formula is C25H38N4O5S2. The predicted octanol–water partition coefficient (Wildman–Crippen LogP) is 1.39. The topological polar surface area (TPSA) is 133 Å². The molecule has 0 aromatic heterocycles. The lowest BCUT2D eigenvalue weighted by molar-refractivity contribution is -0.153. The highest BCUT2D eigenvalue weighted by Crippen LogP contribution is 2.27. The minimum absolute atomic E-state index is 0.157. The molecule has 0 spiro atoms. The first kappa shape index (κ1) is 30.0. The van der Waals surface area contributed by atoms with Gasteiger partial charge in [-0.1, -0.05) is 38.1 Å². The fourth-order valence-corrected chi connectivity index (χ4v) is 5.03. The molecule has 1 heterocycles. The summed E-state index contributed by atoms with van der Waals surface area (Å²) in [6, 6.07) is 4.36. The Balaban J connectivity index is 2.44. The SMILES string of the molecule is CSCCC(NC(=O)C1Cc2ccccc2CN1C(=O)[C@H](C(C)C)N(CC(N)CS)C(C)=O)C(=O)O. The highest BCUT2D eigenvalue weighted by atomic mass is 32.2. The van der Waals surface area contributed by atoms with Crippen LogP contribution in [0.25, 0.3) is 0 Å². The van der Waals surface area contributed by atoms with E-state index < -0.39 is 36.0 Å². The molecule has 11 heteroatoms. The van der Waals surface area contributed by atoms with Crippen LogP contribution >= 0.6 is 24.4 Å². The molecule has 0 radical (unpaired) electrons. The summed E-state index contributed by atoms with van der Waals surface area (Å²) in [7, 11) is 0. The van der Waals surface area contributed by atoms with Gasteiger partial charge in [0.15, 0.2) is 0 Å². The Hall–Kier alpha value is -2.24. The second-order valence-corrected chi connectivity index (χ2v) is 10.8. The number of benzene rings is 1. The van der Waals surface area contributed by atoms with Crippen LogP contribution < -0.4 is 11.1 Å². The van der Waals surface area contributed by atoms with Gasteiger partial charge in [-0.25, -0.2) is 4.79 Å². The van der Waals surface area contributed by atoms with Crippen molar-refractivity contribution in [2.45, 2.75) is 64.3 Å². The van der Waals surface area contributed by atoms with Crippen LogP contribution in [0, 0.1) is 5.92 Å². The van der Waals surface area contributed by atoms with E-state index in [1.165, 1.54) is 28.5 Å². The number of aliphatic carboxylic acids is 1. The van der Waals surface area contributed by atoms with E-state index in [4.69, 9.17) is 5.73 Å². The molecule has 0 bridgehead atoms. The number of thioether (sulfide) groups is 1. The van der Waals surface area contributed by atoms with E-state index in [0.717, 1.165) is 11.1 Å². The molecule has 4 atom stereocenters. The van der Waals surface area contributed by atoms with E-state index in [0.29, 0.717) is 11.5 Å². The van der Waals surface area contributed by atoms with Gasteiger partial charge in [0.1, 0.15) is 18.1 Å². The van der Waals surface area contributed by atoms with Gasteiger partial charge in [-0.3, -0.25) is 14.4 Å². The molecule has 4 N–H and O–H groups in total. The van der Waals surface area contributed by atoms with Crippen molar-refractivity contribution in [1.29, 1.82) is 0 Å². The number of nitrogens with zero attached hydrogens (tertiary/aromatic N) is 2. The summed E-state index contributed by atoms with van der Waals surface area (Å²) in [6.45, 7) is 5.43. The zero-order valence-electron chi connectivity index (χ0n) is 21.3. The molecule has 9 nitrogen and oxygen atoms in total. The summed E-state index contributed by atoms with van der Waals surface area (Å²) < 4.78 is 0. The maximum atomic E-state index is 14.0. The number of hydrogen-bond donors (Lipinski definition) is 4. The Morgan fingerprint density at radius 3 is 2.42 bits per heavy atom. The number of nitrogens with one attached hydrogen (secondary N) is 1. The van der Waals surface area contributed by atoms with E-state index >= 15 is 0 Å². The van der Waals surface area contributed by atoms with Gasteiger partial charge in [0.25, 0.3) is 0 Å². The molecule has 1 aliphatic heterocycles. The highest BCUT2D eigenvalue weighted by Gasteiger charge is 2.42. The summed E-state index contributed by atoms with van der Waals surface area (Å²) >= 11 is 5.71. The summed E-state index contributed by atoms with van der Waals surface area (Å²) in [5.74, 6) is -1.62. The van der Waals surface area contributed by atoms with Gasteiger partial charge in [-0.05, 0) is 35.5 Å². The Kier molecular flexibility index (Phi) is 11.6. The second kappa shape index (κ2) is 13.9. The average Bonchev–Trinajstić information content (AvgIpc) is 2.84. The molecule has 1 aromatic rings. The lowest BCUT2D eigenvalue weighted by Gasteiger charge is -2.42. The molecule has 1 aromatic carbocycles. The molecular weight excluding hydrogens is 500 g/mol. The van der Waals surface area contributed by atoms with Crippen molar-refractivity contribution in [3.63, 3.8) is 0 Å². The molecule has 3 unspecified atom stereocenters. The van der Waals surface area contributed by atoms with Gasteiger partial charge in [-0.15, -0.1) is 0 Å². The fraction of sp³-hybridized carbons (Fsp3) is 0.600. The third-order valence-electron chi connectivity index (χ3n) is 6.35. The van der Waals surface area contributed by atoms with Gasteiger partial charge in [-0.2, -0.15) is 24.4 Å². The quantitative estimate of drug-likeness (QED) is 0.296. The van der Waals surface area contributed by atoms with Crippen molar-refractivity contribution >= 4 is 48.1 Å². The standard InChI is InChI=1S/C25H38N4O5S2/c1-15(2)22(28(16(3)30)13-19(26)14-35)24(32)29-12-18-8-6-5-7-17(18)11-21(29)23(31)27-20(25(33)34)9-10-36-4/h5-8,15,19-22,35H,9-14,26H2,1-4H3,(H,27,31)(H,33,34)/t19?,20?,21?,22-/m0/s1. The van der Waals surface area contributed by atoms with E-state index in [9.17, 15) is 24.3 Å². The van der Waals surface area contributed by atoms with Gasteiger partial charge < -0.3 is 26.0 Å². The number of carbonyl (C=O) groups excluding carboxylic acids is 3.